The van der Waals surface area contributed by atoms with Crippen molar-refractivity contribution < 1.29 is 28.8 Å². The Morgan fingerprint density at radius 3 is 2.02 bits per heavy atom. The minimum absolute atomic E-state index is 0.0510. The van der Waals surface area contributed by atoms with Crippen LogP contribution in [0.3, 0.4) is 0 Å². The van der Waals surface area contributed by atoms with Crippen LogP contribution in [0.5, 0.6) is 0 Å². The van der Waals surface area contributed by atoms with Gasteiger partial charge in [-0.15, -0.1) is 0 Å². The van der Waals surface area contributed by atoms with Gasteiger partial charge in [-0.2, -0.15) is 0 Å². The molecule has 0 radical (unpaired) electrons. The molecule has 0 fully saturated rings. The molecule has 0 aliphatic heterocycles. The van der Waals surface area contributed by atoms with Crippen molar-refractivity contribution in [3.05, 3.63) is 105 Å². The number of halogens is 1. The van der Waals surface area contributed by atoms with Crippen LogP contribution in [-0.4, -0.2) is 82.3 Å². The number of para-hydroxylation sites is 1. The summed E-state index contributed by atoms with van der Waals surface area (Å²) < 4.78 is 0.945. The summed E-state index contributed by atoms with van der Waals surface area (Å²) >= 11 is 2.15. The molecule has 0 saturated carbocycles. The summed E-state index contributed by atoms with van der Waals surface area (Å²) in [6.45, 7) is 3.22. The van der Waals surface area contributed by atoms with Crippen molar-refractivity contribution >= 4 is 69.1 Å². The molecule has 57 heavy (non-hydrogen) atoms. The maximum Gasteiger partial charge on any atom is 0.337 e. The molecule has 1 heterocycles. The monoisotopic (exact) mass is 894 g/mol. The van der Waals surface area contributed by atoms with Crippen LogP contribution in [0, 0.1) is 3.57 Å². The summed E-state index contributed by atoms with van der Waals surface area (Å²) in [5, 5.41) is 12.6. The van der Waals surface area contributed by atoms with Crippen molar-refractivity contribution in [3.8, 4) is 0 Å². The lowest BCUT2D eigenvalue weighted by Gasteiger charge is -2.29. The first kappa shape index (κ1) is 44.2. The topological polar surface area (TPSA) is 260 Å². The van der Waals surface area contributed by atoms with E-state index < -0.39 is 65.8 Å². The molecule has 0 spiro atoms. The number of amides is 7. The SMILES string of the molecule is C[C@H](N)C(=O)N[C@H](Cc1c[nH]c2ccccc12)C(=O)N[C@@H](C)C(=O)NN(Cc1ccc(I)cc1)C(=O)N[C@H](Cc1ccccc1)C(=O)N[C@@H](CCCCN)C(N)=O. The number of nitrogens with zero attached hydrogens (tertiary/aromatic N) is 1. The molecular formula is C40H51IN10O6. The number of carbonyl (C=O) groups excluding carboxylic acids is 6. The van der Waals surface area contributed by atoms with Crippen LogP contribution < -0.4 is 43.9 Å². The van der Waals surface area contributed by atoms with Crippen LogP contribution in [-0.2, 0) is 43.4 Å². The Hall–Kier alpha value is -5.53. The van der Waals surface area contributed by atoms with E-state index in [0.717, 1.165) is 30.6 Å². The van der Waals surface area contributed by atoms with Gasteiger partial charge in [0.1, 0.15) is 24.2 Å². The highest BCUT2D eigenvalue weighted by Gasteiger charge is 2.31. The highest BCUT2D eigenvalue weighted by molar-refractivity contribution is 14.1. The van der Waals surface area contributed by atoms with Gasteiger partial charge in [-0.05, 0) is 97.1 Å². The van der Waals surface area contributed by atoms with Gasteiger partial charge < -0.3 is 43.5 Å². The second-order valence-electron chi connectivity index (χ2n) is 13.8. The number of nitrogens with two attached hydrogens (primary N) is 3. The molecule has 3 aromatic carbocycles. The quantitative estimate of drug-likeness (QED) is 0.0379. The molecule has 16 nitrogen and oxygen atoms in total. The third-order valence-electron chi connectivity index (χ3n) is 9.15. The Kier molecular flexibility index (Phi) is 16.8. The molecule has 0 aliphatic carbocycles. The van der Waals surface area contributed by atoms with Gasteiger partial charge in [-0.1, -0.05) is 60.7 Å². The normalized spacial score (nSPS) is 13.6. The van der Waals surface area contributed by atoms with Gasteiger partial charge in [0.15, 0.2) is 0 Å². The van der Waals surface area contributed by atoms with E-state index in [9.17, 15) is 28.8 Å². The molecule has 4 rings (SSSR count). The largest absolute Gasteiger partial charge is 0.368 e. The highest BCUT2D eigenvalue weighted by atomic mass is 127. The van der Waals surface area contributed by atoms with E-state index in [1.165, 1.54) is 13.8 Å². The molecule has 12 N–H and O–H groups in total. The standard InChI is InChI=1S/C40H51IN10O6/c1-24(43)36(53)48-34(21-28-22-45-31-13-7-6-12-30(28)31)38(55)46-25(2)37(54)50-51(23-27-15-17-29(41)18-16-27)40(57)49-33(20-26-10-4-3-5-11-26)39(56)47-32(35(44)52)14-8-9-19-42/h3-7,10-13,15-18,22,24-25,32-34,45H,8-9,14,19-21,23,42-43H2,1-2H3,(H2,44,52)(H,46,55)(H,47,56)(H,48,53)(H,49,57)(H,50,54)/t24-,25-,32-,33+,34+/m0/s1. The molecule has 304 valence electrons. The highest BCUT2D eigenvalue weighted by Crippen LogP contribution is 2.19. The van der Waals surface area contributed by atoms with Crippen molar-refractivity contribution in [3.63, 3.8) is 0 Å². The zero-order chi connectivity index (χ0) is 41.5. The van der Waals surface area contributed by atoms with Gasteiger partial charge in [0.2, 0.25) is 23.6 Å². The van der Waals surface area contributed by atoms with Gasteiger partial charge in [0, 0.05) is 33.5 Å². The molecular weight excluding hydrogens is 843 g/mol. The lowest BCUT2D eigenvalue weighted by atomic mass is 10.0. The van der Waals surface area contributed by atoms with Crippen LogP contribution in [0.2, 0.25) is 0 Å². The Morgan fingerprint density at radius 1 is 0.719 bits per heavy atom. The summed E-state index contributed by atoms with van der Waals surface area (Å²) in [6.07, 6.45) is 3.34. The van der Waals surface area contributed by atoms with Gasteiger partial charge in [0.05, 0.1) is 12.6 Å². The van der Waals surface area contributed by atoms with Gasteiger partial charge in [-0.3, -0.25) is 29.4 Å². The number of urea groups is 1. The third kappa shape index (κ3) is 13.6. The van der Waals surface area contributed by atoms with Crippen LogP contribution in [0.15, 0.2) is 85.1 Å². The van der Waals surface area contributed by atoms with Crippen LogP contribution in [0.4, 0.5) is 4.79 Å². The van der Waals surface area contributed by atoms with E-state index in [-0.39, 0.29) is 25.8 Å². The Bertz CT molecular complexity index is 1990. The van der Waals surface area contributed by atoms with E-state index in [0.29, 0.717) is 24.9 Å². The van der Waals surface area contributed by atoms with E-state index in [2.05, 4.69) is 54.3 Å². The summed E-state index contributed by atoms with van der Waals surface area (Å²) in [5.74, 6) is -3.35. The average molecular weight is 895 g/mol. The third-order valence-corrected chi connectivity index (χ3v) is 9.86. The van der Waals surface area contributed by atoms with Gasteiger partial charge in [-0.25, -0.2) is 9.80 Å². The first-order valence-electron chi connectivity index (χ1n) is 18.6. The average Bonchev–Trinajstić information content (AvgIpc) is 3.60. The van der Waals surface area contributed by atoms with E-state index in [1.807, 2.05) is 42.5 Å². The van der Waals surface area contributed by atoms with Crippen LogP contribution in [0.25, 0.3) is 10.9 Å². The zero-order valence-electron chi connectivity index (χ0n) is 31.9. The number of unbranched alkanes of at least 4 members (excludes halogenated alkanes) is 1. The maximum absolute atomic E-state index is 14.1. The number of primary amides is 1. The molecule has 0 aliphatic rings. The molecule has 5 atom stereocenters. The first-order chi connectivity index (χ1) is 27.2. The second kappa shape index (κ2) is 21.7. The number of rotatable bonds is 19. The zero-order valence-corrected chi connectivity index (χ0v) is 34.1. The Balaban J connectivity index is 1.54. The molecule has 4 aromatic rings. The number of fused-ring (bicyclic) bond motifs is 1. The number of carbonyl (C=O) groups is 6. The lowest BCUT2D eigenvalue weighted by Crippen LogP contribution is -2.60. The van der Waals surface area contributed by atoms with Crippen molar-refractivity contribution in [1.29, 1.82) is 0 Å². The number of nitrogens with one attached hydrogen (secondary N) is 6. The molecule has 17 heteroatoms. The summed E-state index contributed by atoms with van der Waals surface area (Å²) in [6, 6.07) is 17.5. The number of benzene rings is 3. The maximum atomic E-state index is 14.1. The Morgan fingerprint density at radius 2 is 1.35 bits per heavy atom. The number of hydrazine groups is 1. The number of aromatic amines is 1. The molecule has 0 bridgehead atoms. The molecule has 7 amide bonds. The van der Waals surface area contributed by atoms with E-state index in [1.54, 1.807) is 42.6 Å². The van der Waals surface area contributed by atoms with Crippen LogP contribution >= 0.6 is 22.6 Å². The second-order valence-corrected chi connectivity index (χ2v) is 15.0. The minimum Gasteiger partial charge on any atom is -0.368 e. The first-order valence-corrected chi connectivity index (χ1v) is 19.7. The summed E-state index contributed by atoms with van der Waals surface area (Å²) in [5.41, 5.74) is 22.6. The van der Waals surface area contributed by atoms with E-state index in [4.69, 9.17) is 17.2 Å². The fraction of sp³-hybridized carbons (Fsp3) is 0.350. The fourth-order valence-corrected chi connectivity index (χ4v) is 6.27. The van der Waals surface area contributed by atoms with Crippen molar-refractivity contribution in [2.75, 3.05) is 6.54 Å². The number of H-pyrrole nitrogens is 1. The summed E-state index contributed by atoms with van der Waals surface area (Å²) in [4.78, 5) is 83.3. The number of hydrogen-bond acceptors (Lipinski definition) is 8. The fourth-order valence-electron chi connectivity index (χ4n) is 5.91. The molecule has 0 saturated heterocycles. The van der Waals surface area contributed by atoms with Crippen molar-refractivity contribution in [2.24, 2.45) is 17.2 Å². The van der Waals surface area contributed by atoms with Crippen LogP contribution in [0.1, 0.15) is 49.8 Å². The van der Waals surface area contributed by atoms with Gasteiger partial charge in [0.25, 0.3) is 5.91 Å². The van der Waals surface area contributed by atoms with Crippen molar-refractivity contribution in [2.45, 2.75) is 82.7 Å². The minimum atomic E-state index is -1.20. The predicted octanol–water partition coefficient (Wildman–Crippen LogP) is 1.61. The number of hydrogen-bond donors (Lipinski definition) is 9. The van der Waals surface area contributed by atoms with Crippen molar-refractivity contribution in [1.82, 2.24) is 36.7 Å². The molecule has 1 aromatic heterocycles. The Labute approximate surface area is 344 Å². The molecule has 0 unspecified atom stereocenters. The van der Waals surface area contributed by atoms with E-state index >= 15 is 0 Å². The predicted molar refractivity (Wildman–Crippen MR) is 225 cm³/mol. The smallest absolute Gasteiger partial charge is 0.337 e. The lowest BCUT2D eigenvalue weighted by molar-refractivity contribution is -0.133. The summed E-state index contributed by atoms with van der Waals surface area (Å²) in [7, 11) is 0. The number of aromatic nitrogens is 1. The van der Waals surface area contributed by atoms with Gasteiger partial charge >= 0.3 is 6.03 Å².